The van der Waals surface area contributed by atoms with E-state index in [9.17, 15) is 9.59 Å². The van der Waals surface area contributed by atoms with Gasteiger partial charge in [0.2, 0.25) is 0 Å². The Hall–Kier alpha value is -1.52. The van der Waals surface area contributed by atoms with Gasteiger partial charge in [-0.2, -0.15) is 0 Å². The van der Waals surface area contributed by atoms with Crippen molar-refractivity contribution in [3.63, 3.8) is 0 Å². The van der Waals surface area contributed by atoms with Crippen molar-refractivity contribution in [3.05, 3.63) is 11.3 Å². The lowest BCUT2D eigenvalue weighted by Gasteiger charge is -2.28. The van der Waals surface area contributed by atoms with Gasteiger partial charge < -0.3 is 15.4 Å². The van der Waals surface area contributed by atoms with E-state index in [2.05, 4.69) is 24.5 Å². The number of allylic oxidation sites excluding steroid dienone is 1. The van der Waals surface area contributed by atoms with E-state index in [4.69, 9.17) is 4.74 Å². The van der Waals surface area contributed by atoms with Gasteiger partial charge in [0.1, 0.15) is 0 Å². The molecule has 102 valence electrons. The van der Waals surface area contributed by atoms with E-state index in [1.807, 2.05) is 0 Å². The van der Waals surface area contributed by atoms with E-state index in [0.29, 0.717) is 23.8 Å². The standard InChI is InChI=1S/C13H22N2O3/c1-5-18-12(16)11-9(4)14-13(17)15-10(11)7-6-8(2)3/h8,10H,5-7H2,1-4H3,(H2,14,15,17). The second kappa shape index (κ2) is 6.42. The first-order chi connectivity index (χ1) is 8.45. The van der Waals surface area contributed by atoms with Gasteiger partial charge in [-0.3, -0.25) is 0 Å². The molecule has 0 saturated heterocycles. The number of hydrogen-bond acceptors (Lipinski definition) is 3. The third kappa shape index (κ3) is 3.75. The fourth-order valence-electron chi connectivity index (χ4n) is 1.99. The fraction of sp³-hybridized carbons (Fsp3) is 0.692. The molecule has 0 fully saturated rings. The molecule has 0 aromatic carbocycles. The van der Waals surface area contributed by atoms with Crippen LogP contribution >= 0.6 is 0 Å². The molecular weight excluding hydrogens is 232 g/mol. The van der Waals surface area contributed by atoms with Gasteiger partial charge in [0, 0.05) is 5.70 Å². The van der Waals surface area contributed by atoms with Crippen LogP contribution in [0, 0.1) is 5.92 Å². The molecule has 1 rings (SSSR count). The average molecular weight is 254 g/mol. The highest BCUT2D eigenvalue weighted by Gasteiger charge is 2.30. The van der Waals surface area contributed by atoms with Gasteiger partial charge in [-0.15, -0.1) is 0 Å². The van der Waals surface area contributed by atoms with Gasteiger partial charge in [-0.05, 0) is 32.6 Å². The maximum Gasteiger partial charge on any atom is 0.337 e. The number of carbonyl (C=O) groups excluding carboxylic acids is 2. The van der Waals surface area contributed by atoms with Crippen molar-refractivity contribution < 1.29 is 14.3 Å². The Balaban J connectivity index is 2.86. The zero-order valence-corrected chi connectivity index (χ0v) is 11.5. The maximum absolute atomic E-state index is 11.9. The first-order valence-corrected chi connectivity index (χ1v) is 6.41. The van der Waals surface area contributed by atoms with Crippen LogP contribution in [0.4, 0.5) is 4.79 Å². The number of hydrogen-bond donors (Lipinski definition) is 2. The molecule has 0 saturated carbocycles. The number of ether oxygens (including phenoxy) is 1. The van der Waals surface area contributed by atoms with Crippen LogP contribution in [0.1, 0.15) is 40.5 Å². The van der Waals surface area contributed by atoms with Gasteiger partial charge in [-0.1, -0.05) is 13.8 Å². The predicted octanol–water partition coefficient (Wildman–Crippen LogP) is 1.94. The lowest BCUT2D eigenvalue weighted by atomic mass is 9.95. The van der Waals surface area contributed by atoms with Crippen molar-refractivity contribution >= 4 is 12.0 Å². The summed E-state index contributed by atoms with van der Waals surface area (Å²) in [5.74, 6) is 0.178. The smallest absolute Gasteiger partial charge is 0.337 e. The van der Waals surface area contributed by atoms with Crippen LogP contribution in [0.5, 0.6) is 0 Å². The van der Waals surface area contributed by atoms with Crippen LogP contribution < -0.4 is 10.6 Å². The molecule has 2 amide bonds. The average Bonchev–Trinajstić information content (AvgIpc) is 2.25. The molecule has 1 aliphatic rings. The molecule has 1 atom stereocenters. The molecular formula is C13H22N2O3. The summed E-state index contributed by atoms with van der Waals surface area (Å²) in [6.07, 6.45) is 1.69. The van der Waals surface area contributed by atoms with Crippen LogP contribution in [0.25, 0.3) is 0 Å². The van der Waals surface area contributed by atoms with Crippen molar-refractivity contribution in [3.8, 4) is 0 Å². The molecule has 5 nitrogen and oxygen atoms in total. The van der Waals surface area contributed by atoms with Gasteiger partial charge in [0.25, 0.3) is 0 Å². The van der Waals surface area contributed by atoms with Crippen molar-refractivity contribution in [1.82, 2.24) is 10.6 Å². The highest BCUT2D eigenvalue weighted by Crippen LogP contribution is 2.19. The summed E-state index contributed by atoms with van der Waals surface area (Å²) < 4.78 is 5.04. The second-order valence-corrected chi connectivity index (χ2v) is 4.88. The van der Waals surface area contributed by atoms with Crippen LogP contribution in [0.3, 0.4) is 0 Å². The number of rotatable bonds is 5. The van der Waals surface area contributed by atoms with Gasteiger partial charge in [0.05, 0.1) is 18.2 Å². The summed E-state index contributed by atoms with van der Waals surface area (Å²) in [5, 5.41) is 5.40. The zero-order valence-electron chi connectivity index (χ0n) is 11.5. The summed E-state index contributed by atoms with van der Waals surface area (Å²) in [7, 11) is 0. The Labute approximate surface area is 108 Å². The summed E-state index contributed by atoms with van der Waals surface area (Å²) in [4.78, 5) is 23.3. The molecule has 5 heteroatoms. The Morgan fingerprint density at radius 2 is 2.11 bits per heavy atom. The molecule has 1 heterocycles. The van der Waals surface area contributed by atoms with E-state index in [0.717, 1.165) is 12.8 Å². The normalized spacial score (nSPS) is 19.6. The Kier molecular flexibility index (Phi) is 5.19. The van der Waals surface area contributed by atoms with Crippen molar-refractivity contribution in [2.45, 2.75) is 46.6 Å². The number of urea groups is 1. The number of carbonyl (C=O) groups is 2. The van der Waals surface area contributed by atoms with Gasteiger partial charge >= 0.3 is 12.0 Å². The zero-order chi connectivity index (χ0) is 13.7. The molecule has 0 aliphatic carbocycles. The monoisotopic (exact) mass is 254 g/mol. The minimum atomic E-state index is -0.351. The minimum absolute atomic E-state index is 0.250. The van der Waals surface area contributed by atoms with Crippen LogP contribution in [0.15, 0.2) is 11.3 Å². The summed E-state index contributed by atoms with van der Waals surface area (Å²) in [6.45, 7) is 8.06. The van der Waals surface area contributed by atoms with Crippen molar-refractivity contribution in [2.24, 2.45) is 5.92 Å². The number of amides is 2. The topological polar surface area (TPSA) is 67.4 Å². The minimum Gasteiger partial charge on any atom is -0.463 e. The van der Waals surface area contributed by atoms with Crippen molar-refractivity contribution in [1.29, 1.82) is 0 Å². The third-order valence-corrected chi connectivity index (χ3v) is 2.89. The Bertz CT molecular complexity index is 361. The van der Waals surface area contributed by atoms with E-state index < -0.39 is 0 Å². The summed E-state index contributed by atoms with van der Waals surface area (Å²) in [6, 6.07) is -0.505. The highest BCUT2D eigenvalue weighted by molar-refractivity contribution is 5.94. The molecule has 1 aliphatic heterocycles. The predicted molar refractivity (Wildman–Crippen MR) is 68.9 cm³/mol. The van der Waals surface area contributed by atoms with Crippen LogP contribution in [0.2, 0.25) is 0 Å². The SMILES string of the molecule is CCOC(=O)C1=C(C)NC(=O)NC1CCC(C)C. The molecule has 1 unspecified atom stereocenters. The summed E-state index contributed by atoms with van der Waals surface area (Å²) >= 11 is 0. The molecule has 0 radical (unpaired) electrons. The largest absolute Gasteiger partial charge is 0.463 e. The first kappa shape index (κ1) is 14.5. The Morgan fingerprint density at radius 3 is 2.67 bits per heavy atom. The quantitative estimate of drug-likeness (QED) is 0.737. The molecule has 0 spiro atoms. The molecule has 0 aromatic rings. The van der Waals surface area contributed by atoms with Gasteiger partial charge in [0.15, 0.2) is 0 Å². The maximum atomic E-state index is 11.9. The van der Waals surface area contributed by atoms with Crippen molar-refractivity contribution in [2.75, 3.05) is 6.61 Å². The molecule has 0 aromatic heterocycles. The number of esters is 1. The van der Waals surface area contributed by atoms with E-state index in [-0.39, 0.29) is 18.0 Å². The third-order valence-electron chi connectivity index (χ3n) is 2.89. The van der Waals surface area contributed by atoms with E-state index in [1.54, 1.807) is 13.8 Å². The molecule has 18 heavy (non-hydrogen) atoms. The summed E-state index contributed by atoms with van der Waals surface area (Å²) in [5.41, 5.74) is 1.13. The fourth-order valence-corrected chi connectivity index (χ4v) is 1.99. The van der Waals surface area contributed by atoms with E-state index >= 15 is 0 Å². The van der Waals surface area contributed by atoms with Gasteiger partial charge in [-0.25, -0.2) is 9.59 Å². The molecule has 2 N–H and O–H groups in total. The van der Waals surface area contributed by atoms with Crippen LogP contribution in [-0.4, -0.2) is 24.6 Å². The van der Waals surface area contributed by atoms with E-state index in [1.165, 1.54) is 0 Å². The Morgan fingerprint density at radius 1 is 1.44 bits per heavy atom. The van der Waals surface area contributed by atoms with Crippen LogP contribution in [-0.2, 0) is 9.53 Å². The lowest BCUT2D eigenvalue weighted by molar-refractivity contribution is -0.139. The highest BCUT2D eigenvalue weighted by atomic mass is 16.5. The first-order valence-electron chi connectivity index (χ1n) is 6.41. The molecule has 0 bridgehead atoms. The number of nitrogens with one attached hydrogen (secondary N) is 2. The lowest BCUT2D eigenvalue weighted by Crippen LogP contribution is -2.50. The second-order valence-electron chi connectivity index (χ2n) is 4.88.